The summed E-state index contributed by atoms with van der Waals surface area (Å²) >= 11 is 7.16. The number of hydrogen-bond donors (Lipinski definition) is 0. The maximum absolute atomic E-state index is 5.65. The van der Waals surface area contributed by atoms with E-state index in [1.54, 1.807) is 0 Å². The van der Waals surface area contributed by atoms with Gasteiger partial charge in [-0.15, -0.1) is 11.3 Å². The molecule has 0 spiro atoms. The maximum Gasteiger partial charge on any atom is 0.183 e. The van der Waals surface area contributed by atoms with Crippen LogP contribution in [0.25, 0.3) is 0 Å². The number of rotatable bonds is 3. The molecule has 1 aromatic rings. The normalized spacial score (nSPS) is 10.2. The topological polar surface area (TPSA) is 12.9 Å². The molecule has 0 amide bonds. The van der Waals surface area contributed by atoms with Crippen molar-refractivity contribution in [1.82, 2.24) is 4.98 Å². The Hall–Kier alpha value is -0.0800. The highest BCUT2D eigenvalue weighted by molar-refractivity contribution is 7.13. The van der Waals surface area contributed by atoms with Gasteiger partial charge in [0.05, 0.1) is 5.69 Å². The van der Waals surface area contributed by atoms with E-state index in [4.69, 9.17) is 11.6 Å². The summed E-state index contributed by atoms with van der Waals surface area (Å²) in [6, 6.07) is 0. The Balaban J connectivity index is 2.42. The lowest BCUT2D eigenvalue weighted by atomic mass is 10.2. The van der Waals surface area contributed by atoms with E-state index in [1.165, 1.54) is 24.2 Å². The van der Waals surface area contributed by atoms with E-state index in [0.717, 1.165) is 12.1 Å². The standard InChI is InChI=1S/C7H10ClNS/c1-2-3-4-6-5-10-7(8)9-6/h5H,2-4H2,1H3. The van der Waals surface area contributed by atoms with E-state index in [-0.39, 0.29) is 0 Å². The zero-order chi connectivity index (χ0) is 7.40. The highest BCUT2D eigenvalue weighted by Gasteiger charge is 1.96. The summed E-state index contributed by atoms with van der Waals surface area (Å²) < 4.78 is 0.658. The Morgan fingerprint density at radius 1 is 1.70 bits per heavy atom. The van der Waals surface area contributed by atoms with Gasteiger partial charge in [0.2, 0.25) is 0 Å². The summed E-state index contributed by atoms with van der Waals surface area (Å²) in [7, 11) is 0. The Bertz CT molecular complexity index is 197. The predicted molar refractivity (Wildman–Crippen MR) is 45.7 cm³/mol. The van der Waals surface area contributed by atoms with Crippen molar-refractivity contribution < 1.29 is 0 Å². The number of aromatic nitrogens is 1. The zero-order valence-corrected chi connectivity index (χ0v) is 7.50. The second kappa shape index (κ2) is 3.94. The van der Waals surface area contributed by atoms with E-state index in [2.05, 4.69) is 11.9 Å². The van der Waals surface area contributed by atoms with Gasteiger partial charge in [-0.1, -0.05) is 24.9 Å². The molecule has 1 heterocycles. The number of halogens is 1. The van der Waals surface area contributed by atoms with Crippen LogP contribution in [0.5, 0.6) is 0 Å². The van der Waals surface area contributed by atoms with Gasteiger partial charge in [-0.05, 0) is 12.8 Å². The molecule has 1 rings (SSSR count). The summed E-state index contributed by atoms with van der Waals surface area (Å²) in [5.74, 6) is 0. The Labute approximate surface area is 70.1 Å². The molecule has 0 aliphatic rings. The van der Waals surface area contributed by atoms with Crippen molar-refractivity contribution in [3.05, 3.63) is 15.5 Å². The largest absolute Gasteiger partial charge is 0.230 e. The summed E-state index contributed by atoms with van der Waals surface area (Å²) in [4.78, 5) is 4.13. The van der Waals surface area contributed by atoms with E-state index in [0.29, 0.717) is 4.47 Å². The molecular weight excluding hydrogens is 166 g/mol. The summed E-state index contributed by atoms with van der Waals surface area (Å²) in [6.07, 6.45) is 3.49. The lowest BCUT2D eigenvalue weighted by Gasteiger charge is -1.89. The van der Waals surface area contributed by atoms with Crippen molar-refractivity contribution >= 4 is 22.9 Å². The minimum atomic E-state index is 0.658. The van der Waals surface area contributed by atoms with Crippen LogP contribution in [0.15, 0.2) is 5.38 Å². The van der Waals surface area contributed by atoms with Crippen LogP contribution in [0.1, 0.15) is 25.5 Å². The van der Waals surface area contributed by atoms with Gasteiger partial charge < -0.3 is 0 Å². The number of nitrogens with zero attached hydrogens (tertiary/aromatic N) is 1. The van der Waals surface area contributed by atoms with Crippen LogP contribution in [-0.4, -0.2) is 4.98 Å². The SMILES string of the molecule is CCCCc1csc(Cl)n1. The zero-order valence-electron chi connectivity index (χ0n) is 5.93. The van der Waals surface area contributed by atoms with Gasteiger partial charge in [-0.25, -0.2) is 4.98 Å². The molecule has 0 atom stereocenters. The molecule has 0 aromatic carbocycles. The average molecular weight is 176 g/mol. The first-order chi connectivity index (χ1) is 4.83. The molecular formula is C7H10ClNS. The quantitative estimate of drug-likeness (QED) is 0.688. The van der Waals surface area contributed by atoms with Crippen LogP contribution in [0.2, 0.25) is 4.47 Å². The number of aryl methyl sites for hydroxylation is 1. The van der Waals surface area contributed by atoms with Crippen LogP contribution in [-0.2, 0) is 6.42 Å². The molecule has 1 aromatic heterocycles. The minimum absolute atomic E-state index is 0.658. The number of unbranched alkanes of at least 4 members (excludes halogenated alkanes) is 1. The molecule has 0 saturated carbocycles. The Kier molecular flexibility index (Phi) is 3.16. The van der Waals surface area contributed by atoms with E-state index in [1.807, 2.05) is 5.38 Å². The fraction of sp³-hybridized carbons (Fsp3) is 0.571. The molecule has 0 aliphatic carbocycles. The van der Waals surface area contributed by atoms with E-state index < -0.39 is 0 Å². The molecule has 0 radical (unpaired) electrons. The number of hydrogen-bond acceptors (Lipinski definition) is 2. The molecule has 0 saturated heterocycles. The van der Waals surface area contributed by atoms with E-state index in [9.17, 15) is 0 Å². The van der Waals surface area contributed by atoms with Gasteiger partial charge in [0.25, 0.3) is 0 Å². The van der Waals surface area contributed by atoms with Gasteiger partial charge >= 0.3 is 0 Å². The highest BCUT2D eigenvalue weighted by Crippen LogP contribution is 2.16. The molecule has 56 valence electrons. The predicted octanol–water partition coefficient (Wildman–Crippen LogP) is 3.14. The van der Waals surface area contributed by atoms with Gasteiger partial charge in [-0.2, -0.15) is 0 Å². The Morgan fingerprint density at radius 2 is 2.50 bits per heavy atom. The van der Waals surface area contributed by atoms with Crippen LogP contribution in [0.3, 0.4) is 0 Å². The third kappa shape index (κ3) is 2.27. The summed E-state index contributed by atoms with van der Waals surface area (Å²) in [5, 5.41) is 2.03. The molecule has 10 heavy (non-hydrogen) atoms. The van der Waals surface area contributed by atoms with Crippen LogP contribution < -0.4 is 0 Å². The van der Waals surface area contributed by atoms with Crippen molar-refractivity contribution in [3.63, 3.8) is 0 Å². The summed E-state index contributed by atoms with van der Waals surface area (Å²) in [6.45, 7) is 2.17. The second-order valence-electron chi connectivity index (χ2n) is 2.20. The molecule has 0 N–H and O–H groups in total. The first-order valence-electron chi connectivity index (χ1n) is 3.43. The molecule has 0 bridgehead atoms. The van der Waals surface area contributed by atoms with Gasteiger partial charge in [0.15, 0.2) is 4.47 Å². The average Bonchev–Trinajstić information content (AvgIpc) is 2.31. The lowest BCUT2D eigenvalue weighted by molar-refractivity contribution is 0.781. The fourth-order valence-corrected chi connectivity index (χ4v) is 1.57. The molecule has 0 aliphatic heterocycles. The van der Waals surface area contributed by atoms with Crippen molar-refractivity contribution in [3.8, 4) is 0 Å². The molecule has 1 nitrogen and oxygen atoms in total. The van der Waals surface area contributed by atoms with Crippen molar-refractivity contribution in [2.75, 3.05) is 0 Å². The third-order valence-electron chi connectivity index (χ3n) is 1.31. The van der Waals surface area contributed by atoms with Crippen molar-refractivity contribution in [2.45, 2.75) is 26.2 Å². The third-order valence-corrected chi connectivity index (χ3v) is 2.34. The van der Waals surface area contributed by atoms with Gasteiger partial charge in [0, 0.05) is 5.38 Å². The van der Waals surface area contributed by atoms with E-state index >= 15 is 0 Å². The molecule has 0 unspecified atom stereocenters. The number of thiazole rings is 1. The lowest BCUT2D eigenvalue weighted by Crippen LogP contribution is -1.82. The van der Waals surface area contributed by atoms with Crippen molar-refractivity contribution in [1.29, 1.82) is 0 Å². The van der Waals surface area contributed by atoms with Crippen LogP contribution in [0, 0.1) is 0 Å². The van der Waals surface area contributed by atoms with Crippen LogP contribution >= 0.6 is 22.9 Å². The highest BCUT2D eigenvalue weighted by atomic mass is 35.5. The Morgan fingerprint density at radius 3 is 3.00 bits per heavy atom. The van der Waals surface area contributed by atoms with Crippen molar-refractivity contribution in [2.24, 2.45) is 0 Å². The van der Waals surface area contributed by atoms with Crippen LogP contribution in [0.4, 0.5) is 0 Å². The summed E-state index contributed by atoms with van der Waals surface area (Å²) in [5.41, 5.74) is 1.14. The fourth-order valence-electron chi connectivity index (χ4n) is 0.755. The molecule has 0 fully saturated rings. The smallest absolute Gasteiger partial charge is 0.183 e. The maximum atomic E-state index is 5.65. The first-order valence-corrected chi connectivity index (χ1v) is 4.68. The van der Waals surface area contributed by atoms with Gasteiger partial charge in [0.1, 0.15) is 0 Å². The molecule has 3 heteroatoms. The first kappa shape index (κ1) is 8.02. The minimum Gasteiger partial charge on any atom is -0.230 e. The van der Waals surface area contributed by atoms with Gasteiger partial charge in [-0.3, -0.25) is 0 Å². The second-order valence-corrected chi connectivity index (χ2v) is 3.64. The monoisotopic (exact) mass is 175 g/mol.